The molecule has 154 valence electrons. The Morgan fingerprint density at radius 2 is 1.55 bits per heavy atom. The Balaban J connectivity index is 1.30. The zero-order chi connectivity index (χ0) is 20.5. The Morgan fingerprint density at radius 3 is 2.14 bits per heavy atom. The topological polar surface area (TPSA) is 53.5 Å². The Morgan fingerprint density at radius 1 is 0.966 bits per heavy atom. The normalized spacial score (nSPS) is 20.9. The summed E-state index contributed by atoms with van der Waals surface area (Å²) < 4.78 is 18.1. The van der Waals surface area contributed by atoms with Crippen LogP contribution in [0.15, 0.2) is 36.7 Å². The van der Waals surface area contributed by atoms with E-state index in [-0.39, 0.29) is 18.3 Å². The first-order valence-corrected chi connectivity index (χ1v) is 10.7. The smallest absolute Gasteiger partial charge is 0.489 e. The Hall–Kier alpha value is -1.92. The van der Waals surface area contributed by atoms with Gasteiger partial charge >= 0.3 is 7.12 Å². The van der Waals surface area contributed by atoms with E-state index in [1.807, 2.05) is 36.7 Å². The lowest BCUT2D eigenvalue weighted by Gasteiger charge is -2.32. The van der Waals surface area contributed by atoms with Crippen molar-refractivity contribution in [3.05, 3.63) is 48.0 Å². The molecule has 0 bridgehead atoms. The molecule has 5 nitrogen and oxygen atoms in total. The molecule has 0 spiro atoms. The largest absolute Gasteiger partial charge is 0.494 e. The van der Waals surface area contributed by atoms with E-state index in [4.69, 9.17) is 14.0 Å². The first-order valence-electron chi connectivity index (χ1n) is 10.7. The second-order valence-electron chi connectivity index (χ2n) is 9.31. The van der Waals surface area contributed by atoms with Gasteiger partial charge in [0.2, 0.25) is 0 Å². The first-order chi connectivity index (χ1) is 13.8. The van der Waals surface area contributed by atoms with Gasteiger partial charge < -0.3 is 14.0 Å². The van der Waals surface area contributed by atoms with Crippen LogP contribution in [0.3, 0.4) is 0 Å². The van der Waals surface area contributed by atoms with Gasteiger partial charge in [0.15, 0.2) is 0 Å². The minimum absolute atomic E-state index is 0.337. The van der Waals surface area contributed by atoms with E-state index >= 15 is 0 Å². The highest BCUT2D eigenvalue weighted by Gasteiger charge is 2.51. The number of benzene rings is 1. The van der Waals surface area contributed by atoms with Crippen molar-refractivity contribution in [2.45, 2.75) is 77.6 Å². The maximum absolute atomic E-state index is 6.10. The van der Waals surface area contributed by atoms with Gasteiger partial charge in [0, 0.05) is 24.4 Å². The summed E-state index contributed by atoms with van der Waals surface area (Å²) >= 11 is 0. The summed E-state index contributed by atoms with van der Waals surface area (Å²) in [5.74, 6) is 2.52. The molecule has 1 saturated heterocycles. The van der Waals surface area contributed by atoms with Crippen LogP contribution < -0.4 is 10.2 Å². The zero-order valence-corrected chi connectivity index (χ0v) is 18.0. The van der Waals surface area contributed by atoms with Gasteiger partial charge in [-0.3, -0.25) is 0 Å². The molecule has 6 heteroatoms. The maximum atomic E-state index is 6.10. The summed E-state index contributed by atoms with van der Waals surface area (Å²) in [4.78, 5) is 9.05. The first kappa shape index (κ1) is 20.4. The van der Waals surface area contributed by atoms with Gasteiger partial charge in [0.05, 0.1) is 11.2 Å². The fourth-order valence-electron chi connectivity index (χ4n) is 3.90. The summed E-state index contributed by atoms with van der Waals surface area (Å²) in [6.45, 7) is 8.70. The summed E-state index contributed by atoms with van der Waals surface area (Å²) in [6.07, 6.45) is 10.1. The number of hydrogen-bond donors (Lipinski definition) is 0. The van der Waals surface area contributed by atoms with Gasteiger partial charge in [0.25, 0.3) is 0 Å². The van der Waals surface area contributed by atoms with Crippen molar-refractivity contribution in [2.24, 2.45) is 5.92 Å². The van der Waals surface area contributed by atoms with Crippen LogP contribution in [0.2, 0.25) is 0 Å². The molecule has 1 aromatic heterocycles. The average Bonchev–Trinajstić information content (AvgIpc) is 3.27. The van der Waals surface area contributed by atoms with Gasteiger partial charge in [-0.2, -0.15) is 0 Å². The molecule has 2 aliphatic rings. The average molecular weight is 394 g/mol. The van der Waals surface area contributed by atoms with Crippen molar-refractivity contribution in [3.8, 4) is 5.75 Å². The number of ether oxygens (including phenoxy) is 1. The quantitative estimate of drug-likeness (QED) is 0.691. The number of rotatable bonds is 6. The predicted octanol–water partition coefficient (Wildman–Crippen LogP) is 4.09. The second-order valence-corrected chi connectivity index (χ2v) is 9.31. The molecule has 0 N–H and O–H groups in total. The van der Waals surface area contributed by atoms with E-state index in [0.29, 0.717) is 6.61 Å². The van der Waals surface area contributed by atoms with E-state index in [1.165, 1.54) is 25.7 Å². The molecule has 0 amide bonds. The van der Waals surface area contributed by atoms with Gasteiger partial charge in [-0.05, 0) is 51.2 Å². The highest BCUT2D eigenvalue weighted by atomic mass is 16.7. The molecule has 1 aromatic carbocycles. The van der Waals surface area contributed by atoms with Crippen molar-refractivity contribution < 1.29 is 14.0 Å². The van der Waals surface area contributed by atoms with Crippen molar-refractivity contribution in [1.82, 2.24) is 9.97 Å². The second kappa shape index (κ2) is 8.08. The van der Waals surface area contributed by atoms with Crippen LogP contribution in [0.25, 0.3) is 0 Å². The number of nitrogens with zero attached hydrogens (tertiary/aromatic N) is 2. The van der Waals surface area contributed by atoms with Crippen LogP contribution in [0, 0.1) is 5.92 Å². The van der Waals surface area contributed by atoms with Crippen LogP contribution in [-0.2, 0) is 22.3 Å². The summed E-state index contributed by atoms with van der Waals surface area (Å²) in [5.41, 5.74) is 1.30. The summed E-state index contributed by atoms with van der Waals surface area (Å²) in [6, 6.07) is 7.91. The minimum atomic E-state index is -0.352. The standard InChI is InChI=1S/C23H31BN2O3/c1-22(2)23(3,4)29-24(28-22)19-9-11-20(12-10-19)27-16-18-14-25-21(26-15-18)13-17-7-5-6-8-17/h9-12,14-15,17H,5-8,13,16H2,1-4H3. The van der Waals surface area contributed by atoms with Crippen LogP contribution in [0.5, 0.6) is 5.75 Å². The lowest BCUT2D eigenvalue weighted by Crippen LogP contribution is -2.41. The molecule has 0 unspecified atom stereocenters. The number of hydrogen-bond acceptors (Lipinski definition) is 5. The van der Waals surface area contributed by atoms with E-state index in [9.17, 15) is 0 Å². The van der Waals surface area contributed by atoms with E-state index < -0.39 is 0 Å². The van der Waals surface area contributed by atoms with Crippen molar-refractivity contribution in [2.75, 3.05) is 0 Å². The molecule has 0 radical (unpaired) electrons. The lowest BCUT2D eigenvalue weighted by molar-refractivity contribution is 0.00578. The molecule has 2 aromatic rings. The third-order valence-corrected chi connectivity index (χ3v) is 6.52. The van der Waals surface area contributed by atoms with Crippen molar-refractivity contribution in [1.29, 1.82) is 0 Å². The summed E-state index contributed by atoms with van der Waals surface area (Å²) in [5, 5.41) is 0. The zero-order valence-electron chi connectivity index (χ0n) is 18.0. The highest BCUT2D eigenvalue weighted by molar-refractivity contribution is 6.62. The molecule has 1 saturated carbocycles. The summed E-state index contributed by atoms with van der Waals surface area (Å²) in [7, 11) is -0.352. The Bertz CT molecular complexity index is 799. The molecular weight excluding hydrogens is 363 g/mol. The molecule has 4 rings (SSSR count). The Labute approximate surface area is 174 Å². The molecule has 0 atom stereocenters. The third kappa shape index (κ3) is 4.64. The van der Waals surface area contributed by atoms with Crippen LogP contribution in [0.4, 0.5) is 0 Å². The minimum Gasteiger partial charge on any atom is -0.489 e. The van der Waals surface area contributed by atoms with E-state index in [0.717, 1.165) is 34.9 Å². The SMILES string of the molecule is CC1(C)OB(c2ccc(OCc3cnc(CC4CCCC4)nc3)cc2)OC1(C)C. The van der Waals surface area contributed by atoms with Gasteiger partial charge in [-0.25, -0.2) is 9.97 Å². The molecule has 1 aliphatic heterocycles. The molecule has 2 fully saturated rings. The van der Waals surface area contributed by atoms with Crippen LogP contribution in [0.1, 0.15) is 64.8 Å². The lowest BCUT2D eigenvalue weighted by atomic mass is 9.79. The molecule has 1 aliphatic carbocycles. The molecular formula is C23H31BN2O3. The van der Waals surface area contributed by atoms with Crippen LogP contribution in [-0.4, -0.2) is 28.3 Å². The fraction of sp³-hybridized carbons (Fsp3) is 0.565. The predicted molar refractivity (Wildman–Crippen MR) is 114 cm³/mol. The molecule has 29 heavy (non-hydrogen) atoms. The van der Waals surface area contributed by atoms with Crippen molar-refractivity contribution in [3.63, 3.8) is 0 Å². The van der Waals surface area contributed by atoms with E-state index in [1.54, 1.807) is 0 Å². The van der Waals surface area contributed by atoms with Gasteiger partial charge in [-0.15, -0.1) is 0 Å². The monoisotopic (exact) mass is 394 g/mol. The van der Waals surface area contributed by atoms with Gasteiger partial charge in [0.1, 0.15) is 18.2 Å². The van der Waals surface area contributed by atoms with Gasteiger partial charge in [-0.1, -0.05) is 37.8 Å². The maximum Gasteiger partial charge on any atom is 0.494 e. The third-order valence-electron chi connectivity index (χ3n) is 6.52. The highest BCUT2D eigenvalue weighted by Crippen LogP contribution is 2.36. The number of aromatic nitrogens is 2. The Kier molecular flexibility index (Phi) is 5.67. The van der Waals surface area contributed by atoms with Crippen LogP contribution >= 0.6 is 0 Å². The van der Waals surface area contributed by atoms with E-state index in [2.05, 4.69) is 37.7 Å². The fourth-order valence-corrected chi connectivity index (χ4v) is 3.90. The molecule has 2 heterocycles. The van der Waals surface area contributed by atoms with Crippen molar-refractivity contribution >= 4 is 12.6 Å².